The van der Waals surface area contributed by atoms with Crippen LogP contribution >= 0.6 is 0 Å². The molecule has 5 N–H and O–H groups in total. The van der Waals surface area contributed by atoms with Gasteiger partial charge in [0.25, 0.3) is 5.91 Å². The minimum atomic E-state index is -3.27. The van der Waals surface area contributed by atoms with Crippen LogP contribution in [0.2, 0.25) is 0 Å². The molecule has 0 bridgehead atoms. The number of nitrogens with one attached hydrogen (secondary N) is 3. The smallest absolute Gasteiger partial charge is 0.267 e. The Morgan fingerprint density at radius 3 is 2.59 bits per heavy atom. The van der Waals surface area contributed by atoms with Gasteiger partial charge in [0.05, 0.1) is 5.75 Å². The second-order valence-electron chi connectivity index (χ2n) is 7.32. The molecule has 1 fully saturated rings. The van der Waals surface area contributed by atoms with Gasteiger partial charge in [-0.3, -0.25) is 4.79 Å². The molecular weight excluding hydrogens is 364 g/mol. The van der Waals surface area contributed by atoms with Crippen molar-refractivity contribution in [1.29, 1.82) is 0 Å². The second kappa shape index (κ2) is 8.41. The van der Waals surface area contributed by atoms with E-state index in [1.165, 1.54) is 0 Å². The molecule has 0 saturated heterocycles. The maximum atomic E-state index is 12.6. The number of nitrogens with two attached hydrogens (primary N) is 1. The Labute approximate surface area is 160 Å². The van der Waals surface area contributed by atoms with Crippen molar-refractivity contribution < 1.29 is 13.2 Å². The highest BCUT2D eigenvalue weighted by Gasteiger charge is 2.26. The van der Waals surface area contributed by atoms with Crippen molar-refractivity contribution in [2.24, 2.45) is 5.73 Å². The normalized spacial score (nSPS) is 20.7. The molecule has 27 heavy (non-hydrogen) atoms. The standard InChI is InChI=1S/C19H28N4O3S/c1-13-4-2-5-14-12-17(22-18(13)14)19(24)21-15-6-8-16(9-7-15)23-27(25,26)11-3-10-20/h2,4-5,12,15-16,22-23H,3,6-11,20H2,1H3,(H,21,24)/t15-,16-. The van der Waals surface area contributed by atoms with Crippen LogP contribution in [-0.4, -0.2) is 43.7 Å². The third-order valence-corrected chi connectivity index (χ3v) is 6.65. The van der Waals surface area contributed by atoms with E-state index in [0.717, 1.165) is 42.1 Å². The zero-order valence-electron chi connectivity index (χ0n) is 15.6. The van der Waals surface area contributed by atoms with E-state index in [1.54, 1.807) is 0 Å². The Balaban J connectivity index is 1.52. The molecule has 0 atom stereocenters. The van der Waals surface area contributed by atoms with E-state index in [2.05, 4.69) is 15.0 Å². The number of rotatable bonds is 7. The Morgan fingerprint density at radius 1 is 1.22 bits per heavy atom. The summed E-state index contributed by atoms with van der Waals surface area (Å²) >= 11 is 0. The van der Waals surface area contributed by atoms with E-state index in [0.29, 0.717) is 18.7 Å². The quantitative estimate of drug-likeness (QED) is 0.574. The lowest BCUT2D eigenvalue weighted by Gasteiger charge is -2.29. The molecule has 1 aromatic heterocycles. The number of aryl methyl sites for hydroxylation is 1. The molecule has 148 valence electrons. The number of aromatic amines is 1. The first-order valence-electron chi connectivity index (χ1n) is 9.47. The van der Waals surface area contributed by atoms with Crippen LogP contribution in [0.25, 0.3) is 10.9 Å². The van der Waals surface area contributed by atoms with Gasteiger partial charge in [-0.05, 0) is 57.2 Å². The van der Waals surface area contributed by atoms with Crippen LogP contribution in [-0.2, 0) is 10.0 Å². The Kier molecular flexibility index (Phi) is 6.18. The SMILES string of the molecule is Cc1cccc2cc(C(=O)N[C@H]3CC[C@H](NS(=O)(=O)CCCN)CC3)[nH]c12. The fourth-order valence-electron chi connectivity index (χ4n) is 3.64. The van der Waals surface area contributed by atoms with E-state index >= 15 is 0 Å². The van der Waals surface area contributed by atoms with E-state index in [1.807, 2.05) is 31.2 Å². The van der Waals surface area contributed by atoms with Gasteiger partial charge in [-0.25, -0.2) is 13.1 Å². The van der Waals surface area contributed by atoms with Gasteiger partial charge in [0.15, 0.2) is 0 Å². The molecule has 0 unspecified atom stereocenters. The van der Waals surface area contributed by atoms with Crippen LogP contribution < -0.4 is 15.8 Å². The Bertz CT molecular complexity index is 899. The first-order valence-corrected chi connectivity index (χ1v) is 11.1. The average molecular weight is 393 g/mol. The third kappa shape index (κ3) is 5.09. The molecule has 2 aromatic rings. The summed E-state index contributed by atoms with van der Waals surface area (Å²) in [7, 11) is -3.27. The third-order valence-electron chi connectivity index (χ3n) is 5.13. The number of benzene rings is 1. The Morgan fingerprint density at radius 2 is 1.93 bits per heavy atom. The van der Waals surface area contributed by atoms with Crippen molar-refractivity contribution in [1.82, 2.24) is 15.0 Å². The highest BCUT2D eigenvalue weighted by molar-refractivity contribution is 7.89. The molecule has 1 heterocycles. The van der Waals surface area contributed by atoms with Crippen molar-refractivity contribution >= 4 is 26.8 Å². The summed E-state index contributed by atoms with van der Waals surface area (Å²) in [5, 5.41) is 4.09. The van der Waals surface area contributed by atoms with Crippen LogP contribution in [0.1, 0.15) is 48.2 Å². The number of H-pyrrole nitrogens is 1. The number of carbonyl (C=O) groups is 1. The molecule has 0 aliphatic heterocycles. The minimum Gasteiger partial charge on any atom is -0.350 e. The number of para-hydroxylation sites is 1. The predicted molar refractivity (Wildman–Crippen MR) is 107 cm³/mol. The van der Waals surface area contributed by atoms with Crippen molar-refractivity contribution in [2.75, 3.05) is 12.3 Å². The molecule has 7 nitrogen and oxygen atoms in total. The highest BCUT2D eigenvalue weighted by atomic mass is 32.2. The number of aromatic nitrogens is 1. The van der Waals surface area contributed by atoms with Gasteiger partial charge in [0.2, 0.25) is 10.0 Å². The number of sulfonamides is 1. The fourth-order valence-corrected chi connectivity index (χ4v) is 5.04. The summed E-state index contributed by atoms with van der Waals surface area (Å²) in [5.41, 5.74) is 8.03. The van der Waals surface area contributed by atoms with Gasteiger partial charge < -0.3 is 16.0 Å². The average Bonchev–Trinajstić information content (AvgIpc) is 3.07. The second-order valence-corrected chi connectivity index (χ2v) is 9.20. The molecule has 0 spiro atoms. The lowest BCUT2D eigenvalue weighted by atomic mass is 9.92. The van der Waals surface area contributed by atoms with Crippen LogP contribution in [0.3, 0.4) is 0 Å². The van der Waals surface area contributed by atoms with Crippen molar-refractivity contribution in [2.45, 2.75) is 51.1 Å². The highest BCUT2D eigenvalue weighted by Crippen LogP contribution is 2.22. The van der Waals surface area contributed by atoms with Crippen molar-refractivity contribution in [3.8, 4) is 0 Å². The maximum absolute atomic E-state index is 12.6. The predicted octanol–water partition coefficient (Wildman–Crippen LogP) is 1.79. The molecule has 1 amide bonds. The summed E-state index contributed by atoms with van der Waals surface area (Å²) < 4.78 is 26.7. The topological polar surface area (TPSA) is 117 Å². The van der Waals surface area contributed by atoms with Gasteiger partial charge in [0.1, 0.15) is 5.69 Å². The Hall–Kier alpha value is -1.90. The van der Waals surface area contributed by atoms with Gasteiger partial charge in [-0.2, -0.15) is 0 Å². The summed E-state index contributed by atoms with van der Waals surface area (Å²) in [4.78, 5) is 15.8. The molecule has 1 aliphatic carbocycles. The summed E-state index contributed by atoms with van der Waals surface area (Å²) in [6.45, 7) is 2.38. The van der Waals surface area contributed by atoms with Crippen LogP contribution in [0, 0.1) is 6.92 Å². The largest absolute Gasteiger partial charge is 0.350 e. The minimum absolute atomic E-state index is 0.0587. The maximum Gasteiger partial charge on any atom is 0.267 e. The molecule has 0 radical (unpaired) electrons. The van der Waals surface area contributed by atoms with E-state index in [9.17, 15) is 13.2 Å². The lowest BCUT2D eigenvalue weighted by Crippen LogP contribution is -2.44. The van der Waals surface area contributed by atoms with E-state index in [4.69, 9.17) is 5.73 Å². The number of carbonyl (C=O) groups excluding carboxylic acids is 1. The van der Waals surface area contributed by atoms with Gasteiger partial charge in [0, 0.05) is 23.0 Å². The number of fused-ring (bicyclic) bond motifs is 1. The molecular formula is C19H28N4O3S. The van der Waals surface area contributed by atoms with Crippen LogP contribution in [0.15, 0.2) is 24.3 Å². The zero-order chi connectivity index (χ0) is 19.4. The first-order chi connectivity index (χ1) is 12.9. The monoisotopic (exact) mass is 392 g/mol. The van der Waals surface area contributed by atoms with Crippen molar-refractivity contribution in [3.05, 3.63) is 35.5 Å². The number of amides is 1. The summed E-state index contributed by atoms with van der Waals surface area (Å²) in [6.07, 6.45) is 3.42. The number of hydrogen-bond donors (Lipinski definition) is 4. The molecule has 1 aromatic carbocycles. The van der Waals surface area contributed by atoms with E-state index < -0.39 is 10.0 Å². The van der Waals surface area contributed by atoms with Crippen LogP contribution in [0.5, 0.6) is 0 Å². The lowest BCUT2D eigenvalue weighted by molar-refractivity contribution is 0.0921. The molecule has 1 saturated carbocycles. The molecule has 3 rings (SSSR count). The molecule has 1 aliphatic rings. The van der Waals surface area contributed by atoms with Crippen molar-refractivity contribution in [3.63, 3.8) is 0 Å². The summed E-state index contributed by atoms with van der Waals surface area (Å²) in [6, 6.07) is 7.85. The number of hydrogen-bond acceptors (Lipinski definition) is 4. The van der Waals surface area contributed by atoms with Gasteiger partial charge in [-0.15, -0.1) is 0 Å². The van der Waals surface area contributed by atoms with Crippen LogP contribution in [0.4, 0.5) is 0 Å². The summed E-state index contributed by atoms with van der Waals surface area (Å²) in [5.74, 6) is -0.0439. The van der Waals surface area contributed by atoms with E-state index in [-0.39, 0.29) is 23.7 Å². The zero-order valence-corrected chi connectivity index (χ0v) is 16.4. The first kappa shape index (κ1) is 19.9. The fraction of sp³-hybridized carbons (Fsp3) is 0.526. The van der Waals surface area contributed by atoms with Gasteiger partial charge in [-0.1, -0.05) is 18.2 Å². The molecule has 8 heteroatoms. The van der Waals surface area contributed by atoms with Gasteiger partial charge >= 0.3 is 0 Å².